The van der Waals surface area contributed by atoms with Crippen molar-refractivity contribution >= 4 is 18.0 Å². The molecule has 1 aliphatic carbocycles. The summed E-state index contributed by atoms with van der Waals surface area (Å²) in [6, 6.07) is 14.9. The Kier molecular flexibility index (Phi) is 7.55. The average Bonchev–Trinajstić information content (AvgIpc) is 3.13. The maximum absolute atomic E-state index is 13.0. The summed E-state index contributed by atoms with van der Waals surface area (Å²) in [5.41, 5.74) is 2.25. The molecule has 0 spiro atoms. The van der Waals surface area contributed by atoms with Gasteiger partial charge in [-0.15, -0.1) is 0 Å². The number of methoxy groups -OCH3 is 1. The molecule has 8 heteroatoms. The van der Waals surface area contributed by atoms with E-state index in [1.807, 2.05) is 36.4 Å². The molecular formula is C27H34N2O6. The zero-order chi connectivity index (χ0) is 26.0. The van der Waals surface area contributed by atoms with Gasteiger partial charge in [0.1, 0.15) is 6.61 Å². The van der Waals surface area contributed by atoms with Crippen LogP contribution in [0.1, 0.15) is 51.7 Å². The molecule has 2 atom stereocenters. The lowest BCUT2D eigenvalue weighted by Gasteiger charge is -2.41. The minimum absolute atomic E-state index is 0.0839. The summed E-state index contributed by atoms with van der Waals surface area (Å²) >= 11 is 0. The van der Waals surface area contributed by atoms with Crippen LogP contribution >= 0.6 is 0 Å². The van der Waals surface area contributed by atoms with E-state index in [-0.39, 0.29) is 12.5 Å². The Hall–Kier alpha value is -3.39. The smallest absolute Gasteiger partial charge is 0.407 e. The third-order valence-electron chi connectivity index (χ3n) is 7.28. The number of hydrogen-bond donors (Lipinski definition) is 3. The number of carbonyl (C=O) groups is 3. The van der Waals surface area contributed by atoms with Gasteiger partial charge in [0.15, 0.2) is 6.04 Å². The van der Waals surface area contributed by atoms with Gasteiger partial charge in [-0.1, -0.05) is 48.5 Å². The number of carboxylic acid groups (broad SMARTS) is 1. The van der Waals surface area contributed by atoms with Crippen molar-refractivity contribution in [1.29, 1.82) is 0 Å². The Morgan fingerprint density at radius 2 is 1.49 bits per heavy atom. The number of aliphatic carboxylic acids is 1. The van der Waals surface area contributed by atoms with Gasteiger partial charge < -0.3 is 25.2 Å². The topological polar surface area (TPSA) is 114 Å². The summed E-state index contributed by atoms with van der Waals surface area (Å²) in [6.45, 7) is 8.39. The second-order valence-electron chi connectivity index (χ2n) is 9.93. The highest BCUT2D eigenvalue weighted by Crippen LogP contribution is 2.44. The highest BCUT2D eigenvalue weighted by atomic mass is 16.5. The van der Waals surface area contributed by atoms with Crippen LogP contribution in [-0.2, 0) is 19.1 Å². The first-order valence-corrected chi connectivity index (χ1v) is 11.6. The van der Waals surface area contributed by atoms with Gasteiger partial charge in [-0.3, -0.25) is 4.79 Å². The highest BCUT2D eigenvalue weighted by molar-refractivity contribution is 5.89. The fourth-order valence-electron chi connectivity index (χ4n) is 4.17. The Morgan fingerprint density at radius 1 is 0.971 bits per heavy atom. The summed E-state index contributed by atoms with van der Waals surface area (Å²) in [6.07, 6.45) is -1.39. The fraction of sp³-hybridized carbons (Fsp3) is 0.444. The van der Waals surface area contributed by atoms with Crippen molar-refractivity contribution in [2.24, 2.45) is 5.41 Å². The van der Waals surface area contributed by atoms with Crippen molar-refractivity contribution in [3.05, 3.63) is 59.7 Å². The van der Waals surface area contributed by atoms with Crippen LogP contribution in [0.25, 0.3) is 11.1 Å². The Morgan fingerprint density at radius 3 is 1.97 bits per heavy atom. The van der Waals surface area contributed by atoms with Crippen LogP contribution < -0.4 is 10.6 Å². The molecule has 2 amide bonds. The van der Waals surface area contributed by atoms with Crippen molar-refractivity contribution in [3.63, 3.8) is 0 Å². The third kappa shape index (κ3) is 5.17. The van der Waals surface area contributed by atoms with Gasteiger partial charge in [-0.05, 0) is 56.9 Å². The van der Waals surface area contributed by atoms with Crippen molar-refractivity contribution < 1.29 is 29.0 Å². The first kappa shape index (κ1) is 26.2. The quantitative estimate of drug-likeness (QED) is 0.499. The molecule has 0 aliphatic heterocycles. The summed E-state index contributed by atoms with van der Waals surface area (Å²) in [5, 5.41) is 14.8. The Bertz CT molecular complexity index is 1060. The monoisotopic (exact) mass is 482 g/mol. The number of nitrogens with one attached hydrogen (secondary N) is 2. The van der Waals surface area contributed by atoms with Crippen molar-refractivity contribution in [1.82, 2.24) is 10.6 Å². The van der Waals surface area contributed by atoms with Gasteiger partial charge in [0.25, 0.3) is 0 Å². The minimum atomic E-state index is -1.22. The summed E-state index contributed by atoms with van der Waals surface area (Å²) < 4.78 is 10.7. The Labute approximate surface area is 206 Å². The lowest BCUT2D eigenvalue weighted by atomic mass is 9.73. The minimum Gasteiger partial charge on any atom is -0.480 e. The molecule has 0 fully saturated rings. The van der Waals surface area contributed by atoms with E-state index in [1.54, 1.807) is 34.6 Å². The second-order valence-corrected chi connectivity index (χ2v) is 9.93. The van der Waals surface area contributed by atoms with Gasteiger partial charge in [-0.25, -0.2) is 9.59 Å². The average molecular weight is 483 g/mol. The molecule has 0 unspecified atom stereocenters. The summed E-state index contributed by atoms with van der Waals surface area (Å²) in [4.78, 5) is 37.5. The van der Waals surface area contributed by atoms with Gasteiger partial charge in [-0.2, -0.15) is 0 Å². The molecule has 1 aliphatic rings. The molecule has 8 nitrogen and oxygen atoms in total. The molecule has 188 valence electrons. The van der Waals surface area contributed by atoms with E-state index in [4.69, 9.17) is 9.47 Å². The standard InChI is InChI=1S/C27H34N2O6/c1-16(34-6)22(23(30)31)28-24(32)26(2,3)27(4,5)29-25(33)35-15-21-19-13-9-7-11-17(19)18-12-8-10-14-20(18)21/h7-14,16,21-22H,15H2,1-6H3,(H,28,32)(H,29,33)(H,30,31)/t16-,22+/m1/s1. The lowest BCUT2D eigenvalue weighted by Crippen LogP contribution is -2.62. The molecule has 0 saturated heterocycles. The number of rotatable bonds is 9. The summed E-state index contributed by atoms with van der Waals surface area (Å²) in [7, 11) is 1.38. The van der Waals surface area contributed by atoms with Crippen molar-refractivity contribution in [2.45, 2.75) is 58.2 Å². The van der Waals surface area contributed by atoms with E-state index in [0.717, 1.165) is 22.3 Å². The predicted octanol–water partition coefficient (Wildman–Crippen LogP) is 3.93. The molecule has 0 aromatic heterocycles. The van der Waals surface area contributed by atoms with Crippen LogP contribution in [0.4, 0.5) is 4.79 Å². The number of carboxylic acids is 1. The van der Waals surface area contributed by atoms with Crippen LogP contribution in [-0.4, -0.2) is 54.5 Å². The predicted molar refractivity (Wildman–Crippen MR) is 132 cm³/mol. The summed E-state index contributed by atoms with van der Waals surface area (Å²) in [5.74, 6) is -1.82. The van der Waals surface area contributed by atoms with E-state index in [9.17, 15) is 19.5 Å². The number of amides is 2. The first-order chi connectivity index (χ1) is 16.4. The van der Waals surface area contributed by atoms with E-state index in [0.29, 0.717) is 0 Å². The largest absolute Gasteiger partial charge is 0.480 e. The van der Waals surface area contributed by atoms with Crippen LogP contribution in [0.3, 0.4) is 0 Å². The van der Waals surface area contributed by atoms with Gasteiger partial charge in [0.05, 0.1) is 17.1 Å². The van der Waals surface area contributed by atoms with Crippen LogP contribution in [0.2, 0.25) is 0 Å². The van der Waals surface area contributed by atoms with Gasteiger partial charge in [0, 0.05) is 13.0 Å². The molecular weight excluding hydrogens is 448 g/mol. The number of ether oxygens (including phenoxy) is 2. The number of hydrogen-bond acceptors (Lipinski definition) is 5. The molecule has 3 rings (SSSR count). The van der Waals surface area contributed by atoms with Crippen LogP contribution in [0, 0.1) is 5.41 Å². The molecule has 0 bridgehead atoms. The van der Waals surface area contributed by atoms with E-state index < -0.39 is 41.1 Å². The zero-order valence-corrected chi connectivity index (χ0v) is 21.0. The molecule has 0 heterocycles. The SMILES string of the molecule is CO[C@H](C)[C@H](NC(=O)C(C)(C)C(C)(C)NC(=O)OCC1c2ccccc2-c2ccccc21)C(=O)O. The van der Waals surface area contributed by atoms with Crippen LogP contribution in [0.15, 0.2) is 48.5 Å². The van der Waals surface area contributed by atoms with Gasteiger partial charge in [0.2, 0.25) is 5.91 Å². The molecule has 35 heavy (non-hydrogen) atoms. The normalized spacial score (nSPS) is 14.9. The first-order valence-electron chi connectivity index (χ1n) is 11.6. The molecule has 0 saturated carbocycles. The highest BCUT2D eigenvalue weighted by Gasteiger charge is 2.46. The van der Waals surface area contributed by atoms with Crippen LogP contribution in [0.5, 0.6) is 0 Å². The molecule has 3 N–H and O–H groups in total. The number of fused-ring (bicyclic) bond motifs is 3. The van der Waals surface area contributed by atoms with E-state index >= 15 is 0 Å². The lowest BCUT2D eigenvalue weighted by molar-refractivity contribution is -0.148. The molecule has 2 aromatic carbocycles. The second kappa shape index (κ2) is 10.1. The van der Waals surface area contributed by atoms with Crippen molar-refractivity contribution in [2.75, 3.05) is 13.7 Å². The van der Waals surface area contributed by atoms with E-state index in [1.165, 1.54) is 7.11 Å². The number of alkyl carbamates (subject to hydrolysis) is 1. The Balaban J connectivity index is 1.68. The molecule has 2 aromatic rings. The van der Waals surface area contributed by atoms with E-state index in [2.05, 4.69) is 22.8 Å². The maximum atomic E-state index is 13.0. The third-order valence-corrected chi connectivity index (χ3v) is 7.28. The fourth-order valence-corrected chi connectivity index (χ4v) is 4.17. The number of carbonyl (C=O) groups excluding carboxylic acids is 2. The molecule has 0 radical (unpaired) electrons. The van der Waals surface area contributed by atoms with Gasteiger partial charge >= 0.3 is 12.1 Å². The maximum Gasteiger partial charge on any atom is 0.407 e. The number of benzene rings is 2. The van der Waals surface area contributed by atoms with Crippen molar-refractivity contribution in [3.8, 4) is 11.1 Å². The zero-order valence-electron chi connectivity index (χ0n) is 21.0.